The summed E-state index contributed by atoms with van der Waals surface area (Å²) < 4.78 is 36.4. The zero-order valence-corrected chi connectivity index (χ0v) is 12.4. The molecule has 2 fully saturated rings. The molecule has 1 amide bonds. The molecule has 0 radical (unpaired) electrons. The zero-order valence-electron chi connectivity index (χ0n) is 11.6. The first-order chi connectivity index (χ1) is 9.87. The molecule has 2 saturated heterocycles. The smallest absolute Gasteiger partial charge is 0.241 e. The summed E-state index contributed by atoms with van der Waals surface area (Å²) in [4.78, 5) is 14.0. The van der Waals surface area contributed by atoms with E-state index in [0.717, 1.165) is 5.56 Å². The molecule has 2 heterocycles. The molecular weight excluding hydrogens is 295 g/mol. The van der Waals surface area contributed by atoms with Crippen molar-refractivity contribution in [1.29, 1.82) is 0 Å². The van der Waals surface area contributed by atoms with E-state index in [0.29, 0.717) is 6.42 Å². The number of carbonyl (C=O) groups excluding carboxylic acids is 1. The van der Waals surface area contributed by atoms with Crippen LogP contribution < -0.4 is 5.32 Å². The fraction of sp³-hybridized carbons (Fsp3) is 0.500. The Morgan fingerprint density at radius 3 is 2.52 bits per heavy atom. The Kier molecular flexibility index (Phi) is 3.49. The molecular formula is C14H17FN2O3S. The molecule has 2 aliphatic rings. The molecule has 3 unspecified atom stereocenters. The summed E-state index contributed by atoms with van der Waals surface area (Å²) >= 11 is 0. The Hall–Kier alpha value is -1.47. The van der Waals surface area contributed by atoms with Gasteiger partial charge in [-0.2, -0.15) is 0 Å². The van der Waals surface area contributed by atoms with Gasteiger partial charge in [0.05, 0.1) is 17.5 Å². The second-order valence-electron chi connectivity index (χ2n) is 5.64. The van der Waals surface area contributed by atoms with Gasteiger partial charge in [-0.3, -0.25) is 10.1 Å². The number of halogens is 1. The van der Waals surface area contributed by atoms with Gasteiger partial charge in [-0.25, -0.2) is 12.8 Å². The molecule has 0 spiro atoms. The minimum atomic E-state index is -3.07. The highest BCUT2D eigenvalue weighted by atomic mass is 32.2. The lowest BCUT2D eigenvalue weighted by Crippen LogP contribution is -2.40. The maximum Gasteiger partial charge on any atom is 0.241 e. The van der Waals surface area contributed by atoms with Crippen LogP contribution in [0.3, 0.4) is 0 Å². The van der Waals surface area contributed by atoms with Crippen LogP contribution in [0.15, 0.2) is 24.3 Å². The summed E-state index contributed by atoms with van der Waals surface area (Å²) in [5.41, 5.74) is 0.762. The van der Waals surface area contributed by atoms with Crippen molar-refractivity contribution in [3.8, 4) is 0 Å². The van der Waals surface area contributed by atoms with Gasteiger partial charge >= 0.3 is 0 Å². The van der Waals surface area contributed by atoms with Gasteiger partial charge in [0.1, 0.15) is 12.0 Å². The van der Waals surface area contributed by atoms with Crippen molar-refractivity contribution in [2.24, 2.45) is 0 Å². The zero-order chi connectivity index (χ0) is 15.2. The number of sulfone groups is 1. The predicted octanol–water partition coefficient (Wildman–Crippen LogP) is 0.832. The van der Waals surface area contributed by atoms with Gasteiger partial charge in [0.15, 0.2) is 9.84 Å². The van der Waals surface area contributed by atoms with Gasteiger partial charge in [-0.15, -0.1) is 0 Å². The Bertz CT molecular complexity index is 659. The molecule has 3 rings (SSSR count). The first kappa shape index (κ1) is 14.5. The second kappa shape index (κ2) is 5.06. The molecule has 1 N–H and O–H groups in total. The number of nitrogens with one attached hydrogen (secondary N) is 1. The van der Waals surface area contributed by atoms with Crippen molar-refractivity contribution >= 4 is 15.7 Å². The van der Waals surface area contributed by atoms with Gasteiger partial charge in [0.2, 0.25) is 5.91 Å². The van der Waals surface area contributed by atoms with E-state index in [-0.39, 0.29) is 35.3 Å². The first-order valence-corrected chi connectivity index (χ1v) is 8.74. The van der Waals surface area contributed by atoms with Gasteiger partial charge in [0, 0.05) is 6.04 Å². The molecule has 114 valence electrons. The molecule has 1 aromatic carbocycles. The monoisotopic (exact) mass is 312 g/mol. The van der Waals surface area contributed by atoms with E-state index < -0.39 is 16.0 Å². The number of rotatable bonds is 2. The van der Waals surface area contributed by atoms with Gasteiger partial charge in [-0.05, 0) is 31.0 Å². The standard InChI is InChI=1S/C14H17FN2O3S/c1-9-14(18)17(12-6-7-21(19,20)8-12)13(16-9)10-2-4-11(15)5-3-10/h2-5,9,12-13,16H,6-8H2,1H3. The van der Waals surface area contributed by atoms with E-state index in [1.54, 1.807) is 24.0 Å². The Labute approximate surface area is 123 Å². The van der Waals surface area contributed by atoms with Crippen molar-refractivity contribution in [3.63, 3.8) is 0 Å². The third-order valence-electron chi connectivity index (χ3n) is 4.10. The Balaban J connectivity index is 1.91. The van der Waals surface area contributed by atoms with Crippen LogP contribution in [0.4, 0.5) is 4.39 Å². The SMILES string of the molecule is CC1NC(c2ccc(F)cc2)N(C2CCS(=O)(=O)C2)C1=O. The lowest BCUT2D eigenvalue weighted by Gasteiger charge is -2.29. The normalized spacial score (nSPS) is 31.8. The quantitative estimate of drug-likeness (QED) is 0.878. The second-order valence-corrected chi connectivity index (χ2v) is 7.87. The minimum Gasteiger partial charge on any atom is -0.318 e. The molecule has 0 aromatic heterocycles. The van der Waals surface area contributed by atoms with Gasteiger partial charge < -0.3 is 4.90 Å². The Morgan fingerprint density at radius 2 is 1.95 bits per heavy atom. The topological polar surface area (TPSA) is 66.5 Å². The summed E-state index contributed by atoms with van der Waals surface area (Å²) in [7, 11) is -3.07. The van der Waals surface area contributed by atoms with Crippen molar-refractivity contribution in [2.45, 2.75) is 31.6 Å². The highest BCUT2D eigenvalue weighted by Gasteiger charge is 2.44. The number of benzene rings is 1. The van der Waals surface area contributed by atoms with Crippen LogP contribution in [0, 0.1) is 5.82 Å². The molecule has 0 bridgehead atoms. The van der Waals surface area contributed by atoms with Crippen LogP contribution in [0.1, 0.15) is 25.1 Å². The summed E-state index contributed by atoms with van der Waals surface area (Å²) in [6.45, 7) is 1.75. The maximum atomic E-state index is 13.0. The molecule has 7 heteroatoms. The number of hydrogen-bond acceptors (Lipinski definition) is 4. The van der Waals surface area contributed by atoms with Crippen molar-refractivity contribution in [2.75, 3.05) is 11.5 Å². The number of nitrogens with zero attached hydrogens (tertiary/aromatic N) is 1. The van der Waals surface area contributed by atoms with Crippen molar-refractivity contribution < 1.29 is 17.6 Å². The summed E-state index contributed by atoms with van der Waals surface area (Å²) in [6.07, 6.45) is 0.0616. The van der Waals surface area contributed by atoms with E-state index in [9.17, 15) is 17.6 Å². The molecule has 5 nitrogen and oxygen atoms in total. The van der Waals surface area contributed by atoms with Crippen LogP contribution in [0.2, 0.25) is 0 Å². The van der Waals surface area contributed by atoms with Crippen LogP contribution in [0.25, 0.3) is 0 Å². The minimum absolute atomic E-state index is 0.00480. The highest BCUT2D eigenvalue weighted by Crippen LogP contribution is 2.31. The van der Waals surface area contributed by atoms with Crippen LogP contribution in [0.5, 0.6) is 0 Å². The van der Waals surface area contributed by atoms with E-state index in [4.69, 9.17) is 0 Å². The van der Waals surface area contributed by atoms with E-state index in [1.165, 1.54) is 12.1 Å². The number of hydrogen-bond donors (Lipinski definition) is 1. The fourth-order valence-corrected chi connectivity index (χ4v) is 4.74. The van der Waals surface area contributed by atoms with Gasteiger partial charge in [-0.1, -0.05) is 12.1 Å². The van der Waals surface area contributed by atoms with Crippen molar-refractivity contribution in [1.82, 2.24) is 10.2 Å². The first-order valence-electron chi connectivity index (χ1n) is 6.91. The summed E-state index contributed by atoms with van der Waals surface area (Å²) in [5.74, 6) is -0.325. The van der Waals surface area contributed by atoms with E-state index >= 15 is 0 Å². The molecule has 3 atom stereocenters. The lowest BCUT2D eigenvalue weighted by molar-refractivity contribution is -0.131. The molecule has 2 aliphatic heterocycles. The molecule has 1 aromatic rings. The van der Waals surface area contributed by atoms with Crippen molar-refractivity contribution in [3.05, 3.63) is 35.6 Å². The van der Waals surface area contributed by atoms with Crippen LogP contribution >= 0.6 is 0 Å². The molecule has 21 heavy (non-hydrogen) atoms. The summed E-state index contributed by atoms with van der Waals surface area (Å²) in [5, 5.41) is 3.15. The predicted molar refractivity (Wildman–Crippen MR) is 75.6 cm³/mol. The van der Waals surface area contributed by atoms with E-state index in [2.05, 4.69) is 5.32 Å². The average molecular weight is 312 g/mol. The Morgan fingerprint density at radius 1 is 1.29 bits per heavy atom. The lowest BCUT2D eigenvalue weighted by atomic mass is 10.1. The molecule has 0 aliphatic carbocycles. The largest absolute Gasteiger partial charge is 0.318 e. The maximum absolute atomic E-state index is 13.0. The van der Waals surface area contributed by atoms with Crippen LogP contribution in [-0.2, 0) is 14.6 Å². The average Bonchev–Trinajstić information content (AvgIpc) is 2.91. The third kappa shape index (κ3) is 2.67. The summed E-state index contributed by atoms with van der Waals surface area (Å²) in [6, 6.07) is 5.24. The highest BCUT2D eigenvalue weighted by molar-refractivity contribution is 7.91. The molecule has 0 saturated carbocycles. The number of carbonyl (C=O) groups is 1. The fourth-order valence-electron chi connectivity index (χ4n) is 3.03. The van der Waals surface area contributed by atoms with E-state index in [1.807, 2.05) is 0 Å². The van der Waals surface area contributed by atoms with Crippen LogP contribution in [-0.4, -0.2) is 42.8 Å². The third-order valence-corrected chi connectivity index (χ3v) is 5.85. The number of amides is 1. The van der Waals surface area contributed by atoms with Gasteiger partial charge in [0.25, 0.3) is 0 Å².